The summed E-state index contributed by atoms with van der Waals surface area (Å²) in [6, 6.07) is 0. The van der Waals surface area contributed by atoms with E-state index in [1.807, 2.05) is 0 Å². The van der Waals surface area contributed by atoms with Crippen LogP contribution in [0, 0.1) is 29.1 Å². The molecule has 0 aromatic rings. The van der Waals surface area contributed by atoms with E-state index in [1.165, 1.54) is 11.8 Å². The first-order valence-corrected chi connectivity index (χ1v) is 5.18. The van der Waals surface area contributed by atoms with Gasteiger partial charge in [-0.05, 0) is 54.8 Å². The maximum Gasteiger partial charge on any atom is -0.0320 e. The van der Waals surface area contributed by atoms with Crippen LogP contribution >= 0.6 is 0 Å². The van der Waals surface area contributed by atoms with Crippen molar-refractivity contribution in [1.29, 1.82) is 0 Å². The van der Waals surface area contributed by atoms with Gasteiger partial charge in [0.25, 0.3) is 0 Å². The predicted octanol–water partition coefficient (Wildman–Crippen LogP) is 3.08. The quantitative estimate of drug-likeness (QED) is 0.498. The third kappa shape index (κ3) is 0.625. The summed E-state index contributed by atoms with van der Waals surface area (Å²) < 4.78 is 0. The lowest BCUT2D eigenvalue weighted by Crippen LogP contribution is -2.39. The lowest BCUT2D eigenvalue weighted by Gasteiger charge is -2.47. The lowest BCUT2D eigenvalue weighted by atomic mass is 9.58. The molecule has 4 atom stereocenters. The highest BCUT2D eigenvalue weighted by Gasteiger charge is 2.58. The Bertz CT molecular complexity index is 190. The largest absolute Gasteiger partial charge is 0.0596 e. The molecule has 0 aromatic heterocycles. The van der Waals surface area contributed by atoms with Crippen molar-refractivity contribution in [1.82, 2.24) is 0 Å². The predicted molar refractivity (Wildman–Crippen MR) is 46.2 cm³/mol. The second-order valence-electron chi connectivity index (χ2n) is 5.70. The molecular weight excluding hydrogens is 132 g/mol. The fourth-order valence-corrected chi connectivity index (χ4v) is 4.27. The molecular formula is C11H18. The van der Waals surface area contributed by atoms with Crippen LogP contribution in [-0.4, -0.2) is 0 Å². The van der Waals surface area contributed by atoms with E-state index >= 15 is 0 Å². The summed E-state index contributed by atoms with van der Waals surface area (Å²) in [5.41, 5.74) is 0.715. The number of rotatable bonds is 0. The number of fused-ring (bicyclic) bond motifs is 5. The fraction of sp³-hybridized carbons (Fsp3) is 1.00. The van der Waals surface area contributed by atoms with Crippen molar-refractivity contribution in [2.75, 3.05) is 0 Å². The molecule has 11 heavy (non-hydrogen) atoms. The van der Waals surface area contributed by atoms with Gasteiger partial charge in [-0.3, -0.25) is 0 Å². The Labute approximate surface area is 69.4 Å². The van der Waals surface area contributed by atoms with E-state index in [1.54, 1.807) is 25.7 Å². The lowest BCUT2D eigenvalue weighted by molar-refractivity contribution is 0.0251. The maximum absolute atomic E-state index is 2.49. The van der Waals surface area contributed by atoms with Gasteiger partial charge in [-0.25, -0.2) is 0 Å². The molecule has 3 fully saturated rings. The first-order valence-electron chi connectivity index (χ1n) is 5.18. The molecule has 0 heterocycles. The molecule has 0 spiro atoms. The normalized spacial score (nSPS) is 57.3. The van der Waals surface area contributed by atoms with Gasteiger partial charge in [-0.1, -0.05) is 13.8 Å². The smallest absolute Gasteiger partial charge is 0.0320 e. The molecule has 0 aliphatic heterocycles. The van der Waals surface area contributed by atoms with Crippen molar-refractivity contribution in [3.8, 4) is 0 Å². The average Bonchev–Trinajstić information content (AvgIpc) is 2.13. The Hall–Kier alpha value is 0. The van der Waals surface area contributed by atoms with E-state index in [0.29, 0.717) is 5.41 Å². The zero-order valence-corrected chi connectivity index (χ0v) is 7.64. The Kier molecular flexibility index (Phi) is 0.990. The van der Waals surface area contributed by atoms with Gasteiger partial charge in [0, 0.05) is 0 Å². The minimum atomic E-state index is 0.715. The van der Waals surface area contributed by atoms with Crippen molar-refractivity contribution in [3.63, 3.8) is 0 Å². The summed E-state index contributed by atoms with van der Waals surface area (Å²) in [5, 5.41) is 0. The molecule has 3 aliphatic carbocycles. The second-order valence-corrected chi connectivity index (χ2v) is 5.70. The van der Waals surface area contributed by atoms with Crippen LogP contribution in [0.15, 0.2) is 0 Å². The zero-order chi connectivity index (χ0) is 7.64. The van der Waals surface area contributed by atoms with Gasteiger partial charge in [0.05, 0.1) is 0 Å². The summed E-state index contributed by atoms with van der Waals surface area (Å²) in [6.45, 7) is 4.98. The number of hydrogen-bond donors (Lipinski definition) is 0. The van der Waals surface area contributed by atoms with E-state index in [-0.39, 0.29) is 0 Å². The van der Waals surface area contributed by atoms with Crippen LogP contribution in [0.2, 0.25) is 0 Å². The molecule has 0 N–H and O–H groups in total. The topological polar surface area (TPSA) is 0 Å². The van der Waals surface area contributed by atoms with Crippen LogP contribution in [0.1, 0.15) is 39.5 Å². The molecule has 0 saturated heterocycles. The highest BCUT2D eigenvalue weighted by atomic mass is 14.6. The highest BCUT2D eigenvalue weighted by Crippen LogP contribution is 2.67. The SMILES string of the molecule is CC1(C)CC2CC1C1CCC21. The Balaban J connectivity index is 1.94. The van der Waals surface area contributed by atoms with Gasteiger partial charge in [-0.2, -0.15) is 0 Å². The molecule has 3 aliphatic rings. The van der Waals surface area contributed by atoms with Crippen LogP contribution in [0.4, 0.5) is 0 Å². The third-order valence-electron chi connectivity index (χ3n) is 4.85. The standard InChI is InChI=1S/C11H18/c1-11(2)6-7-5-10(11)9-4-3-8(7)9/h7-10H,3-6H2,1-2H3. The molecule has 4 unspecified atom stereocenters. The van der Waals surface area contributed by atoms with Crippen LogP contribution in [0.3, 0.4) is 0 Å². The highest BCUT2D eigenvalue weighted by molar-refractivity contribution is 5.08. The summed E-state index contributed by atoms with van der Waals surface area (Å²) >= 11 is 0. The summed E-state index contributed by atoms with van der Waals surface area (Å²) in [6.07, 6.45) is 6.26. The Morgan fingerprint density at radius 3 is 2.27 bits per heavy atom. The Morgan fingerprint density at radius 2 is 1.82 bits per heavy atom. The van der Waals surface area contributed by atoms with E-state index in [9.17, 15) is 0 Å². The van der Waals surface area contributed by atoms with Crippen molar-refractivity contribution in [3.05, 3.63) is 0 Å². The van der Waals surface area contributed by atoms with Crippen LogP contribution in [0.5, 0.6) is 0 Å². The molecule has 0 radical (unpaired) electrons. The average molecular weight is 150 g/mol. The van der Waals surface area contributed by atoms with E-state index in [0.717, 1.165) is 11.8 Å². The molecule has 2 bridgehead atoms. The maximum atomic E-state index is 2.49. The van der Waals surface area contributed by atoms with Gasteiger partial charge in [0.15, 0.2) is 0 Å². The van der Waals surface area contributed by atoms with Crippen LogP contribution in [0.25, 0.3) is 0 Å². The van der Waals surface area contributed by atoms with Gasteiger partial charge >= 0.3 is 0 Å². The molecule has 0 nitrogen and oxygen atoms in total. The summed E-state index contributed by atoms with van der Waals surface area (Å²) in [4.78, 5) is 0. The van der Waals surface area contributed by atoms with E-state index < -0.39 is 0 Å². The number of hydrogen-bond acceptors (Lipinski definition) is 0. The van der Waals surface area contributed by atoms with Crippen LogP contribution in [-0.2, 0) is 0 Å². The minimum absolute atomic E-state index is 0.715. The van der Waals surface area contributed by atoms with Gasteiger partial charge in [-0.15, -0.1) is 0 Å². The van der Waals surface area contributed by atoms with Gasteiger partial charge < -0.3 is 0 Å². The monoisotopic (exact) mass is 150 g/mol. The molecule has 0 amide bonds. The third-order valence-corrected chi connectivity index (χ3v) is 4.85. The van der Waals surface area contributed by atoms with Gasteiger partial charge in [0.1, 0.15) is 0 Å². The summed E-state index contributed by atoms with van der Waals surface area (Å²) in [7, 11) is 0. The van der Waals surface area contributed by atoms with Crippen molar-refractivity contribution >= 4 is 0 Å². The molecule has 0 heteroatoms. The molecule has 0 aromatic carbocycles. The zero-order valence-electron chi connectivity index (χ0n) is 7.64. The minimum Gasteiger partial charge on any atom is -0.0596 e. The van der Waals surface area contributed by atoms with Crippen molar-refractivity contribution < 1.29 is 0 Å². The van der Waals surface area contributed by atoms with E-state index in [2.05, 4.69) is 13.8 Å². The summed E-state index contributed by atoms with van der Waals surface area (Å²) in [5.74, 6) is 4.62. The van der Waals surface area contributed by atoms with Crippen molar-refractivity contribution in [2.45, 2.75) is 39.5 Å². The van der Waals surface area contributed by atoms with E-state index in [4.69, 9.17) is 0 Å². The van der Waals surface area contributed by atoms with Crippen LogP contribution < -0.4 is 0 Å². The fourth-order valence-electron chi connectivity index (χ4n) is 4.27. The second kappa shape index (κ2) is 1.67. The van der Waals surface area contributed by atoms with Gasteiger partial charge in [0.2, 0.25) is 0 Å². The first-order chi connectivity index (χ1) is 5.18. The molecule has 62 valence electrons. The molecule has 3 saturated carbocycles. The Morgan fingerprint density at radius 1 is 1.09 bits per heavy atom. The van der Waals surface area contributed by atoms with Crippen molar-refractivity contribution in [2.24, 2.45) is 29.1 Å². The molecule has 3 rings (SSSR count). The first kappa shape index (κ1) is 6.51.